The van der Waals surface area contributed by atoms with Crippen molar-refractivity contribution in [1.29, 1.82) is 0 Å². The van der Waals surface area contributed by atoms with E-state index in [0.717, 1.165) is 55.7 Å². The Balaban J connectivity index is 1.47. The van der Waals surface area contributed by atoms with Gasteiger partial charge in [0, 0.05) is 59.5 Å². The van der Waals surface area contributed by atoms with Gasteiger partial charge in [0.15, 0.2) is 0 Å². The number of anilines is 2. The van der Waals surface area contributed by atoms with Crippen molar-refractivity contribution in [3.63, 3.8) is 0 Å². The molecule has 0 amide bonds. The fraction of sp³-hybridized carbons (Fsp3) is 0.444. The van der Waals surface area contributed by atoms with E-state index in [1.54, 1.807) is 5.01 Å². The lowest BCUT2D eigenvalue weighted by atomic mass is 9.69. The minimum Gasteiger partial charge on any atom is -0.397 e. The van der Waals surface area contributed by atoms with E-state index in [-0.39, 0.29) is 11.7 Å². The summed E-state index contributed by atoms with van der Waals surface area (Å²) in [4.78, 5) is 19.2. The minimum absolute atomic E-state index is 0.134. The van der Waals surface area contributed by atoms with Gasteiger partial charge in [0.2, 0.25) is 0 Å². The Labute approximate surface area is 266 Å². The lowest BCUT2D eigenvalue weighted by Gasteiger charge is -2.35. The van der Waals surface area contributed by atoms with Gasteiger partial charge in [-0.15, -0.1) is 11.3 Å². The van der Waals surface area contributed by atoms with Crippen molar-refractivity contribution in [2.75, 3.05) is 30.4 Å². The zero-order chi connectivity index (χ0) is 31.4. The molecule has 1 aliphatic rings. The van der Waals surface area contributed by atoms with Gasteiger partial charge in [-0.2, -0.15) is 5.10 Å². The monoisotopic (exact) mass is 612 g/mol. The fourth-order valence-corrected chi connectivity index (χ4v) is 8.07. The van der Waals surface area contributed by atoms with Gasteiger partial charge in [-0.3, -0.25) is 14.4 Å². The molecule has 234 valence electrons. The summed E-state index contributed by atoms with van der Waals surface area (Å²) in [6, 6.07) is 19.2. The number of hydrogen-bond donors (Lipinski definition) is 2. The molecule has 44 heavy (non-hydrogen) atoms. The van der Waals surface area contributed by atoms with Crippen molar-refractivity contribution < 1.29 is 4.79 Å². The van der Waals surface area contributed by atoms with Crippen LogP contribution in [-0.2, 0) is 17.8 Å². The molecule has 0 spiro atoms. The third kappa shape index (κ3) is 6.77. The largest absolute Gasteiger partial charge is 0.397 e. The van der Waals surface area contributed by atoms with Crippen molar-refractivity contribution >= 4 is 28.5 Å². The van der Waals surface area contributed by atoms with Gasteiger partial charge in [-0.1, -0.05) is 50.2 Å². The van der Waals surface area contributed by atoms with Crippen molar-refractivity contribution in [1.82, 2.24) is 14.7 Å². The maximum atomic E-state index is 14.1. The van der Waals surface area contributed by atoms with E-state index in [1.165, 1.54) is 20.9 Å². The van der Waals surface area contributed by atoms with Crippen LogP contribution in [0.3, 0.4) is 0 Å². The predicted octanol–water partition coefficient (Wildman–Crippen LogP) is 7.04. The van der Waals surface area contributed by atoms with Crippen LogP contribution in [0.25, 0.3) is 0 Å². The third-order valence-corrected chi connectivity index (χ3v) is 10.7. The van der Waals surface area contributed by atoms with Gasteiger partial charge >= 0.3 is 0 Å². The number of likely N-dealkylation sites (tertiary alicyclic amines) is 1. The molecule has 2 atom stereocenters. The Hall–Kier alpha value is -3.46. The summed E-state index contributed by atoms with van der Waals surface area (Å²) in [5.74, 6) is 6.40. The number of hydrogen-bond acceptors (Lipinski definition) is 7. The zero-order valence-corrected chi connectivity index (χ0v) is 27.7. The molecule has 0 aliphatic carbocycles. The number of carbonyl (C=O) groups excluding carboxylic acids is 1. The van der Waals surface area contributed by atoms with E-state index in [4.69, 9.17) is 11.6 Å². The number of nitrogen functional groups attached to an aromatic ring is 1. The van der Waals surface area contributed by atoms with Crippen LogP contribution in [0.1, 0.15) is 84.0 Å². The number of thiophene rings is 1. The third-order valence-electron chi connectivity index (χ3n) is 9.52. The van der Waals surface area contributed by atoms with Crippen LogP contribution in [0.2, 0.25) is 0 Å². The van der Waals surface area contributed by atoms with Crippen LogP contribution in [0.5, 0.6) is 0 Å². The Morgan fingerprint density at radius 3 is 2.64 bits per heavy atom. The smallest absolute Gasteiger partial charge is 0.139 e. The number of ketones is 1. The quantitative estimate of drug-likeness (QED) is 0.101. The van der Waals surface area contributed by atoms with E-state index in [2.05, 4.69) is 72.8 Å². The summed E-state index contributed by atoms with van der Waals surface area (Å²) in [5.41, 5.74) is 12.2. The molecule has 2 unspecified atom stereocenters. The number of aryl methyl sites for hydroxylation is 2. The van der Waals surface area contributed by atoms with Crippen molar-refractivity contribution in [3.05, 3.63) is 99.0 Å². The second-order valence-electron chi connectivity index (χ2n) is 12.8. The highest BCUT2D eigenvalue weighted by atomic mass is 32.1. The summed E-state index contributed by atoms with van der Waals surface area (Å²) < 4.78 is 2.11. The fourth-order valence-electron chi connectivity index (χ4n) is 6.72. The number of nitrogens with two attached hydrogens (primary N) is 2. The Morgan fingerprint density at radius 1 is 1.16 bits per heavy atom. The van der Waals surface area contributed by atoms with E-state index >= 15 is 0 Å². The van der Waals surface area contributed by atoms with Gasteiger partial charge in [-0.25, -0.2) is 5.84 Å². The number of Topliss-reactive ketones (excluding diaryl/α,β-unsaturated/α-hetero) is 1. The molecule has 4 N–H and O–H groups in total. The maximum Gasteiger partial charge on any atom is 0.139 e. The van der Waals surface area contributed by atoms with Crippen molar-refractivity contribution in [2.24, 2.45) is 11.3 Å². The van der Waals surface area contributed by atoms with Gasteiger partial charge < -0.3 is 10.7 Å². The normalized spacial score (nSPS) is 16.6. The Kier molecular flexibility index (Phi) is 9.93. The summed E-state index contributed by atoms with van der Waals surface area (Å²) in [6.45, 7) is 14.2. The first-order valence-corrected chi connectivity index (χ1v) is 16.7. The van der Waals surface area contributed by atoms with Crippen LogP contribution < -0.4 is 16.6 Å². The molecule has 0 radical (unpaired) electrons. The minimum atomic E-state index is -0.647. The highest BCUT2D eigenvalue weighted by Gasteiger charge is 2.40. The molecule has 8 heteroatoms. The van der Waals surface area contributed by atoms with E-state index in [1.807, 2.05) is 54.8 Å². The molecule has 0 saturated carbocycles. The average Bonchev–Trinajstić information content (AvgIpc) is 3.69. The molecule has 3 heterocycles. The first-order valence-electron chi connectivity index (χ1n) is 15.9. The lowest BCUT2D eigenvalue weighted by Crippen LogP contribution is -2.36. The van der Waals surface area contributed by atoms with Crippen LogP contribution in [0.15, 0.2) is 67.0 Å². The highest BCUT2D eigenvalue weighted by Crippen LogP contribution is 2.48. The topological polar surface area (TPSA) is 93.4 Å². The standard InChI is InChI=1S/C36H48N6OS/c1-6-41(38)31-17-16-30(25(2)35(31)37)34(36(4,5)33(43)18-15-27-12-8-7-9-13-27)32-22-28(26(3)44-32)23-40-20-10-14-29(24-40)42-21-11-19-39-42/h7-9,11-13,16-17,19,21-22,29,34H,6,10,14-15,18,20,23-24,37-38H2,1-5H3. The molecular formula is C36H48N6OS. The molecule has 2 aromatic heterocycles. The van der Waals surface area contributed by atoms with Crippen LogP contribution in [0.4, 0.5) is 11.4 Å². The molecule has 1 aliphatic heterocycles. The Bertz CT molecular complexity index is 1540. The molecule has 5 rings (SSSR count). The summed E-state index contributed by atoms with van der Waals surface area (Å²) in [5, 5.41) is 6.19. The number of aromatic nitrogens is 2. The SMILES string of the molecule is CCN(N)c1ccc(C(c2cc(CN3CCCC(n4cccn4)C3)c(C)s2)C(C)(C)C(=O)CCc2ccccc2)c(C)c1N. The van der Waals surface area contributed by atoms with Crippen LogP contribution in [-0.4, -0.2) is 40.1 Å². The van der Waals surface area contributed by atoms with E-state index in [0.29, 0.717) is 24.7 Å². The number of carbonyl (C=O) groups is 1. The molecule has 0 bridgehead atoms. The second kappa shape index (κ2) is 13.7. The highest BCUT2D eigenvalue weighted by molar-refractivity contribution is 7.12. The van der Waals surface area contributed by atoms with Gasteiger partial charge in [0.05, 0.1) is 17.4 Å². The summed E-state index contributed by atoms with van der Waals surface area (Å²) in [6.07, 6.45) is 7.48. The molecular weight excluding hydrogens is 565 g/mol. The average molecular weight is 613 g/mol. The number of nitrogens with zero attached hydrogens (tertiary/aromatic N) is 4. The second-order valence-corrected chi connectivity index (χ2v) is 14.1. The number of hydrazine groups is 1. The first kappa shape index (κ1) is 31.9. The van der Waals surface area contributed by atoms with E-state index < -0.39 is 5.41 Å². The van der Waals surface area contributed by atoms with Crippen LogP contribution >= 0.6 is 11.3 Å². The first-order chi connectivity index (χ1) is 21.1. The lowest BCUT2D eigenvalue weighted by molar-refractivity contribution is -0.127. The summed E-state index contributed by atoms with van der Waals surface area (Å²) >= 11 is 1.82. The number of rotatable bonds is 12. The molecule has 7 nitrogen and oxygen atoms in total. The molecule has 1 saturated heterocycles. The van der Waals surface area contributed by atoms with Crippen molar-refractivity contribution in [3.8, 4) is 0 Å². The molecule has 2 aromatic carbocycles. The van der Waals surface area contributed by atoms with Crippen LogP contribution in [0, 0.1) is 19.3 Å². The zero-order valence-electron chi connectivity index (χ0n) is 26.9. The van der Waals surface area contributed by atoms with E-state index in [9.17, 15) is 4.79 Å². The maximum absolute atomic E-state index is 14.1. The van der Waals surface area contributed by atoms with Gasteiger partial charge in [0.1, 0.15) is 5.78 Å². The molecule has 4 aromatic rings. The predicted molar refractivity (Wildman–Crippen MR) is 183 cm³/mol. The summed E-state index contributed by atoms with van der Waals surface area (Å²) in [7, 11) is 0. The Morgan fingerprint density at radius 2 is 1.93 bits per heavy atom. The van der Waals surface area contributed by atoms with Gasteiger partial charge in [-0.05, 0) is 87.0 Å². The molecule has 1 fully saturated rings. The van der Waals surface area contributed by atoms with Gasteiger partial charge in [0.25, 0.3) is 0 Å². The number of benzene rings is 2. The number of piperidine rings is 1. The van der Waals surface area contributed by atoms with Crippen molar-refractivity contribution in [2.45, 2.75) is 78.8 Å².